The van der Waals surface area contributed by atoms with Gasteiger partial charge in [0.15, 0.2) is 0 Å². The zero-order chi connectivity index (χ0) is 13.8. The number of carbonyl (C=O) groups is 1. The summed E-state index contributed by atoms with van der Waals surface area (Å²) < 4.78 is 5.19. The molecule has 102 valence electrons. The van der Waals surface area contributed by atoms with Gasteiger partial charge in [0.1, 0.15) is 5.75 Å². The normalized spacial score (nSPS) is 15.2. The molecule has 0 bridgehead atoms. The molecule has 1 saturated carbocycles. The van der Waals surface area contributed by atoms with E-state index in [1.54, 1.807) is 11.9 Å². The number of benzene rings is 1. The molecule has 0 aromatic heterocycles. The smallest absolute Gasteiger partial charge is 0.410 e. The number of ether oxygens (including phenoxy) is 1. The van der Waals surface area contributed by atoms with Crippen molar-refractivity contribution in [3.8, 4) is 5.75 Å². The van der Waals surface area contributed by atoms with Crippen molar-refractivity contribution in [1.82, 2.24) is 4.90 Å². The zero-order valence-corrected chi connectivity index (χ0v) is 10.7. The lowest BCUT2D eigenvalue weighted by atomic mass is 10.2. The quantitative estimate of drug-likeness (QED) is 0.621. The van der Waals surface area contributed by atoms with Gasteiger partial charge in [0, 0.05) is 25.2 Å². The molecule has 0 atom stereocenters. The van der Waals surface area contributed by atoms with E-state index >= 15 is 0 Å². The van der Waals surface area contributed by atoms with Crippen molar-refractivity contribution >= 4 is 11.8 Å². The summed E-state index contributed by atoms with van der Waals surface area (Å²) in [5, 5.41) is 10.5. The van der Waals surface area contributed by atoms with Gasteiger partial charge in [-0.15, -0.1) is 0 Å². The first-order valence-corrected chi connectivity index (χ1v) is 6.27. The molecule has 0 aliphatic heterocycles. The van der Waals surface area contributed by atoms with E-state index in [4.69, 9.17) is 4.74 Å². The average Bonchev–Trinajstić information content (AvgIpc) is 2.92. The first-order chi connectivity index (χ1) is 9.08. The largest absolute Gasteiger partial charge is 0.415 e. The predicted molar refractivity (Wildman–Crippen MR) is 69.1 cm³/mol. The molecule has 1 aromatic carbocycles. The van der Waals surface area contributed by atoms with Crippen LogP contribution in [-0.2, 0) is 0 Å². The Morgan fingerprint density at radius 1 is 1.32 bits per heavy atom. The van der Waals surface area contributed by atoms with Crippen LogP contribution in [-0.4, -0.2) is 29.0 Å². The van der Waals surface area contributed by atoms with Gasteiger partial charge in [0.2, 0.25) is 0 Å². The van der Waals surface area contributed by atoms with E-state index in [0.717, 1.165) is 25.7 Å². The molecule has 0 heterocycles. The lowest BCUT2D eigenvalue weighted by molar-refractivity contribution is -0.384. The molecule has 1 fully saturated rings. The topological polar surface area (TPSA) is 72.7 Å². The molecule has 1 aliphatic rings. The van der Waals surface area contributed by atoms with E-state index in [1.165, 1.54) is 24.3 Å². The van der Waals surface area contributed by atoms with Crippen molar-refractivity contribution in [2.75, 3.05) is 7.05 Å². The summed E-state index contributed by atoms with van der Waals surface area (Å²) in [6.45, 7) is 0. The van der Waals surface area contributed by atoms with E-state index in [-0.39, 0.29) is 11.7 Å². The third kappa shape index (κ3) is 3.21. The third-order valence-corrected chi connectivity index (χ3v) is 3.41. The Balaban J connectivity index is 1.96. The highest BCUT2D eigenvalue weighted by Gasteiger charge is 2.24. The maximum Gasteiger partial charge on any atom is 0.415 e. The summed E-state index contributed by atoms with van der Waals surface area (Å²) in [5.74, 6) is 0.320. The number of non-ortho nitro benzene ring substituents is 1. The monoisotopic (exact) mass is 264 g/mol. The number of nitro benzene ring substituents is 1. The van der Waals surface area contributed by atoms with Crippen LogP contribution in [0.4, 0.5) is 10.5 Å². The molecule has 1 amide bonds. The van der Waals surface area contributed by atoms with Crippen LogP contribution < -0.4 is 4.74 Å². The van der Waals surface area contributed by atoms with Crippen molar-refractivity contribution in [2.45, 2.75) is 31.7 Å². The van der Waals surface area contributed by atoms with Gasteiger partial charge >= 0.3 is 6.09 Å². The van der Waals surface area contributed by atoms with Crippen molar-refractivity contribution in [2.24, 2.45) is 0 Å². The number of hydrogen-bond donors (Lipinski definition) is 0. The number of nitro groups is 1. The maximum absolute atomic E-state index is 11.9. The van der Waals surface area contributed by atoms with Gasteiger partial charge < -0.3 is 9.64 Å². The van der Waals surface area contributed by atoms with E-state index < -0.39 is 11.0 Å². The molecule has 6 nitrogen and oxygen atoms in total. The molecular formula is C13H16N2O4. The molecule has 0 unspecified atom stereocenters. The van der Waals surface area contributed by atoms with Gasteiger partial charge in [-0.2, -0.15) is 0 Å². The van der Waals surface area contributed by atoms with Crippen molar-refractivity contribution < 1.29 is 14.5 Å². The fourth-order valence-electron chi connectivity index (χ4n) is 2.25. The number of amides is 1. The van der Waals surface area contributed by atoms with E-state index in [9.17, 15) is 14.9 Å². The highest BCUT2D eigenvalue weighted by atomic mass is 16.6. The number of carbonyl (C=O) groups excluding carboxylic acids is 1. The predicted octanol–water partition coefficient (Wildman–Crippen LogP) is 2.97. The summed E-state index contributed by atoms with van der Waals surface area (Å²) in [6, 6.07) is 5.73. The molecule has 1 aliphatic carbocycles. The van der Waals surface area contributed by atoms with Crippen molar-refractivity contribution in [3.63, 3.8) is 0 Å². The minimum absolute atomic E-state index is 0.0241. The van der Waals surface area contributed by atoms with Crippen LogP contribution in [0.2, 0.25) is 0 Å². The standard InChI is InChI=1S/C13H16N2O4/c1-14(10-4-2-3-5-10)13(16)19-12-8-6-11(7-9-12)15(17)18/h6-10H,2-5H2,1H3. The molecular weight excluding hydrogens is 248 g/mol. The third-order valence-electron chi connectivity index (χ3n) is 3.41. The van der Waals surface area contributed by atoms with Crippen molar-refractivity contribution in [3.05, 3.63) is 34.4 Å². The Hall–Kier alpha value is -2.11. The number of rotatable bonds is 3. The van der Waals surface area contributed by atoms with Gasteiger partial charge in [-0.3, -0.25) is 10.1 Å². The van der Waals surface area contributed by atoms with E-state index in [0.29, 0.717) is 5.75 Å². The summed E-state index contributed by atoms with van der Waals surface area (Å²) in [5.41, 5.74) is -0.0241. The first kappa shape index (κ1) is 13.3. The maximum atomic E-state index is 11.9. The molecule has 0 saturated heterocycles. The van der Waals surface area contributed by atoms with Gasteiger partial charge in [-0.05, 0) is 25.0 Å². The average molecular weight is 264 g/mol. The summed E-state index contributed by atoms with van der Waals surface area (Å²) >= 11 is 0. The molecule has 0 spiro atoms. The second-order valence-corrected chi connectivity index (χ2v) is 4.67. The fraction of sp³-hybridized carbons (Fsp3) is 0.462. The molecule has 0 N–H and O–H groups in total. The van der Waals surface area contributed by atoms with Crippen LogP contribution in [0.3, 0.4) is 0 Å². The second kappa shape index (κ2) is 5.69. The molecule has 1 aromatic rings. The molecule has 6 heteroatoms. The Morgan fingerprint density at radius 3 is 2.42 bits per heavy atom. The molecule has 0 radical (unpaired) electrons. The highest BCUT2D eigenvalue weighted by Crippen LogP contribution is 2.24. The van der Waals surface area contributed by atoms with E-state index in [2.05, 4.69) is 0 Å². The first-order valence-electron chi connectivity index (χ1n) is 6.27. The lowest BCUT2D eigenvalue weighted by Gasteiger charge is -2.23. The molecule has 19 heavy (non-hydrogen) atoms. The van der Waals surface area contributed by atoms with Crippen LogP contribution in [0.15, 0.2) is 24.3 Å². The Kier molecular flexibility index (Phi) is 3.99. The Bertz CT molecular complexity index is 466. The lowest BCUT2D eigenvalue weighted by Crippen LogP contribution is -2.37. The SMILES string of the molecule is CN(C(=O)Oc1ccc([N+](=O)[O-])cc1)C1CCCC1. The number of nitrogens with zero attached hydrogens (tertiary/aromatic N) is 2. The van der Waals surface area contributed by atoms with E-state index in [1.807, 2.05) is 0 Å². The minimum atomic E-state index is -0.490. The Labute approximate surface area is 111 Å². The van der Waals surface area contributed by atoms with Crippen molar-refractivity contribution in [1.29, 1.82) is 0 Å². The Morgan fingerprint density at radius 2 is 1.89 bits per heavy atom. The van der Waals surface area contributed by atoms with Crippen LogP contribution in [0.25, 0.3) is 0 Å². The van der Waals surface area contributed by atoms with Gasteiger partial charge in [0.05, 0.1) is 4.92 Å². The minimum Gasteiger partial charge on any atom is -0.410 e. The number of hydrogen-bond acceptors (Lipinski definition) is 4. The summed E-state index contributed by atoms with van der Waals surface area (Å²) in [4.78, 5) is 23.5. The zero-order valence-electron chi connectivity index (χ0n) is 10.7. The van der Waals surface area contributed by atoms with Crippen LogP contribution in [0.5, 0.6) is 5.75 Å². The summed E-state index contributed by atoms with van der Waals surface area (Å²) in [6.07, 6.45) is 3.87. The van der Waals surface area contributed by atoms with Crippen LogP contribution >= 0.6 is 0 Å². The molecule has 2 rings (SSSR count). The van der Waals surface area contributed by atoms with Gasteiger partial charge in [-0.1, -0.05) is 12.8 Å². The van der Waals surface area contributed by atoms with Gasteiger partial charge in [0.25, 0.3) is 5.69 Å². The van der Waals surface area contributed by atoms with Crippen LogP contribution in [0.1, 0.15) is 25.7 Å². The van der Waals surface area contributed by atoms with Crippen LogP contribution in [0, 0.1) is 10.1 Å². The highest BCUT2D eigenvalue weighted by molar-refractivity contribution is 5.70. The fourth-order valence-corrected chi connectivity index (χ4v) is 2.25. The second-order valence-electron chi connectivity index (χ2n) is 4.67. The van der Waals surface area contributed by atoms with Gasteiger partial charge in [-0.25, -0.2) is 4.79 Å². The summed E-state index contributed by atoms with van der Waals surface area (Å²) in [7, 11) is 1.73.